The third kappa shape index (κ3) is 3.97. The van der Waals surface area contributed by atoms with E-state index >= 15 is 0 Å². The molecule has 0 unspecified atom stereocenters. The lowest BCUT2D eigenvalue weighted by Gasteiger charge is -2.33. The van der Waals surface area contributed by atoms with Crippen molar-refractivity contribution in [1.82, 2.24) is 14.5 Å². The smallest absolute Gasteiger partial charge is 0.243 e. The second-order valence-electron chi connectivity index (χ2n) is 6.40. The number of aromatic nitrogens is 2. The molecule has 0 bridgehead atoms. The van der Waals surface area contributed by atoms with Crippen molar-refractivity contribution < 1.29 is 8.42 Å². The van der Waals surface area contributed by atoms with Gasteiger partial charge in [0.05, 0.1) is 21.6 Å². The number of piperazine rings is 1. The van der Waals surface area contributed by atoms with Crippen LogP contribution in [0.5, 0.6) is 0 Å². The van der Waals surface area contributed by atoms with Crippen LogP contribution in [0.1, 0.15) is 5.56 Å². The second kappa shape index (κ2) is 8.08. The largest absolute Gasteiger partial charge is 0.344 e. The number of rotatable bonds is 4. The molecule has 2 aromatic carbocycles. The maximum absolute atomic E-state index is 12.8. The summed E-state index contributed by atoms with van der Waals surface area (Å²) in [6, 6.07) is 15.4. The molecule has 1 aliphatic heterocycles. The molecule has 3 aromatic rings. The van der Waals surface area contributed by atoms with Gasteiger partial charge in [0.2, 0.25) is 15.2 Å². The fourth-order valence-corrected chi connectivity index (χ4v) is 5.70. The Labute approximate surface area is 177 Å². The number of sulfonamides is 1. The lowest BCUT2D eigenvalue weighted by atomic mass is 10.2. The maximum Gasteiger partial charge on any atom is 0.243 e. The molecule has 0 saturated carbocycles. The van der Waals surface area contributed by atoms with E-state index in [4.69, 9.17) is 16.9 Å². The molecule has 0 N–H and O–H groups in total. The van der Waals surface area contributed by atoms with Crippen LogP contribution >= 0.6 is 22.9 Å². The fourth-order valence-electron chi connectivity index (χ4n) is 3.06. The molecule has 0 amide bonds. The molecule has 7 nitrogen and oxygen atoms in total. The number of hydrogen-bond donors (Lipinski definition) is 0. The average Bonchev–Trinajstić information content (AvgIpc) is 3.24. The van der Waals surface area contributed by atoms with E-state index < -0.39 is 10.0 Å². The zero-order valence-electron chi connectivity index (χ0n) is 15.2. The fraction of sp³-hybridized carbons (Fsp3) is 0.211. The van der Waals surface area contributed by atoms with Gasteiger partial charge >= 0.3 is 0 Å². The molecule has 4 rings (SSSR count). The zero-order chi connectivity index (χ0) is 20.4. The first-order valence-corrected chi connectivity index (χ1v) is 11.5. The Morgan fingerprint density at radius 3 is 2.34 bits per heavy atom. The van der Waals surface area contributed by atoms with Crippen molar-refractivity contribution in [3.05, 3.63) is 59.1 Å². The van der Waals surface area contributed by atoms with E-state index in [9.17, 15) is 8.42 Å². The van der Waals surface area contributed by atoms with Gasteiger partial charge in [-0.2, -0.15) is 9.57 Å². The van der Waals surface area contributed by atoms with Gasteiger partial charge in [0, 0.05) is 31.7 Å². The van der Waals surface area contributed by atoms with Gasteiger partial charge in [0.25, 0.3) is 0 Å². The van der Waals surface area contributed by atoms with Crippen LogP contribution in [0.25, 0.3) is 10.6 Å². The summed E-state index contributed by atoms with van der Waals surface area (Å²) < 4.78 is 27.1. The van der Waals surface area contributed by atoms with E-state index in [-0.39, 0.29) is 4.90 Å². The Bertz CT molecular complexity index is 1160. The molecule has 1 fully saturated rings. The standard InChI is InChI=1S/C19H16ClN5O2S2/c20-17-4-2-1-3-16(17)18-22-23-19(28-18)24-9-11-25(12-10-24)29(26,27)15-7-5-14(13-21)6-8-15/h1-8H,9-12H2. The van der Waals surface area contributed by atoms with Crippen molar-refractivity contribution >= 4 is 38.1 Å². The molecule has 0 radical (unpaired) electrons. The van der Waals surface area contributed by atoms with Crippen molar-refractivity contribution in [2.75, 3.05) is 31.1 Å². The maximum atomic E-state index is 12.8. The predicted octanol–water partition coefficient (Wildman–Crippen LogP) is 3.24. The summed E-state index contributed by atoms with van der Waals surface area (Å²) in [5, 5.41) is 19.5. The number of benzene rings is 2. The Balaban J connectivity index is 1.46. The number of halogens is 1. The molecule has 0 spiro atoms. The van der Waals surface area contributed by atoms with E-state index in [1.54, 1.807) is 0 Å². The molecule has 29 heavy (non-hydrogen) atoms. The number of nitriles is 1. The normalized spacial score (nSPS) is 15.2. The summed E-state index contributed by atoms with van der Waals surface area (Å²) in [4.78, 5) is 2.23. The third-order valence-corrected chi connectivity index (χ3v) is 7.91. The highest BCUT2D eigenvalue weighted by molar-refractivity contribution is 7.89. The molecular weight excluding hydrogens is 430 g/mol. The minimum absolute atomic E-state index is 0.196. The molecule has 1 aliphatic rings. The van der Waals surface area contributed by atoms with Crippen LogP contribution in [0.4, 0.5) is 5.13 Å². The van der Waals surface area contributed by atoms with Gasteiger partial charge in [-0.05, 0) is 30.3 Å². The Morgan fingerprint density at radius 1 is 1.00 bits per heavy atom. The van der Waals surface area contributed by atoms with E-state index in [1.165, 1.54) is 39.9 Å². The first kappa shape index (κ1) is 19.8. The van der Waals surface area contributed by atoms with Crippen LogP contribution < -0.4 is 4.90 Å². The van der Waals surface area contributed by atoms with Crippen LogP contribution in [-0.4, -0.2) is 49.1 Å². The van der Waals surface area contributed by atoms with Gasteiger partial charge in [0.1, 0.15) is 0 Å². The molecule has 148 valence electrons. The minimum atomic E-state index is -3.59. The summed E-state index contributed by atoms with van der Waals surface area (Å²) >= 11 is 7.67. The number of anilines is 1. The average molecular weight is 446 g/mol. The van der Waals surface area contributed by atoms with E-state index in [0.29, 0.717) is 36.8 Å². The van der Waals surface area contributed by atoms with Crippen LogP contribution in [0.3, 0.4) is 0 Å². The second-order valence-corrected chi connectivity index (χ2v) is 9.70. The molecule has 1 aromatic heterocycles. The summed E-state index contributed by atoms with van der Waals surface area (Å²) in [6.45, 7) is 1.74. The lowest BCUT2D eigenvalue weighted by molar-refractivity contribution is 0.384. The summed E-state index contributed by atoms with van der Waals surface area (Å²) in [5.41, 5.74) is 1.26. The highest BCUT2D eigenvalue weighted by Crippen LogP contribution is 2.33. The molecule has 0 aliphatic carbocycles. The van der Waals surface area contributed by atoms with Crippen molar-refractivity contribution in [3.63, 3.8) is 0 Å². The van der Waals surface area contributed by atoms with Crippen molar-refractivity contribution in [3.8, 4) is 16.6 Å². The van der Waals surface area contributed by atoms with Crippen molar-refractivity contribution in [2.45, 2.75) is 4.90 Å². The highest BCUT2D eigenvalue weighted by Gasteiger charge is 2.29. The SMILES string of the molecule is N#Cc1ccc(S(=O)(=O)N2CCN(c3nnc(-c4ccccc4Cl)s3)CC2)cc1. The first-order chi connectivity index (χ1) is 14.0. The highest BCUT2D eigenvalue weighted by atomic mass is 35.5. The first-order valence-electron chi connectivity index (χ1n) is 8.83. The monoisotopic (exact) mass is 445 g/mol. The Kier molecular flexibility index (Phi) is 5.52. The molecule has 1 saturated heterocycles. The van der Waals surface area contributed by atoms with Crippen LogP contribution in [0, 0.1) is 11.3 Å². The van der Waals surface area contributed by atoms with Gasteiger partial charge in [-0.25, -0.2) is 8.42 Å². The predicted molar refractivity (Wildman–Crippen MR) is 112 cm³/mol. The number of nitrogens with zero attached hydrogens (tertiary/aromatic N) is 5. The number of hydrogen-bond acceptors (Lipinski definition) is 7. The van der Waals surface area contributed by atoms with Gasteiger partial charge in [-0.1, -0.05) is 41.1 Å². The summed E-state index contributed by atoms with van der Waals surface area (Å²) in [6.07, 6.45) is 0. The van der Waals surface area contributed by atoms with Crippen LogP contribution in [-0.2, 0) is 10.0 Å². The Morgan fingerprint density at radius 2 is 1.69 bits per heavy atom. The molecular formula is C19H16ClN5O2S2. The minimum Gasteiger partial charge on any atom is -0.344 e. The molecule has 0 atom stereocenters. The van der Waals surface area contributed by atoms with Crippen LogP contribution in [0.2, 0.25) is 5.02 Å². The summed E-state index contributed by atoms with van der Waals surface area (Å²) in [7, 11) is -3.59. The molecule has 2 heterocycles. The third-order valence-electron chi connectivity index (χ3n) is 4.65. The van der Waals surface area contributed by atoms with E-state index in [1.807, 2.05) is 35.2 Å². The van der Waals surface area contributed by atoms with Crippen molar-refractivity contribution in [1.29, 1.82) is 5.26 Å². The molecule has 10 heteroatoms. The van der Waals surface area contributed by atoms with Gasteiger partial charge in [-0.15, -0.1) is 10.2 Å². The summed E-state index contributed by atoms with van der Waals surface area (Å²) in [5.74, 6) is 0. The Hall–Kier alpha value is -2.51. The quantitative estimate of drug-likeness (QED) is 0.612. The topological polar surface area (TPSA) is 90.2 Å². The van der Waals surface area contributed by atoms with Gasteiger partial charge in [-0.3, -0.25) is 0 Å². The van der Waals surface area contributed by atoms with E-state index in [2.05, 4.69) is 10.2 Å². The van der Waals surface area contributed by atoms with E-state index in [0.717, 1.165) is 15.7 Å². The van der Waals surface area contributed by atoms with Crippen molar-refractivity contribution in [2.24, 2.45) is 0 Å². The zero-order valence-corrected chi connectivity index (χ0v) is 17.6. The lowest BCUT2D eigenvalue weighted by Crippen LogP contribution is -2.48. The van der Waals surface area contributed by atoms with Gasteiger partial charge in [0.15, 0.2) is 5.01 Å². The van der Waals surface area contributed by atoms with Crippen LogP contribution in [0.15, 0.2) is 53.4 Å². The van der Waals surface area contributed by atoms with Gasteiger partial charge < -0.3 is 4.90 Å².